The van der Waals surface area contributed by atoms with Gasteiger partial charge < -0.3 is 19.5 Å². The molecular weight excluding hydrogens is 356 g/mol. The maximum absolute atomic E-state index is 12.0. The molecule has 28 heavy (non-hydrogen) atoms. The number of anilines is 1. The van der Waals surface area contributed by atoms with Crippen molar-refractivity contribution in [2.75, 3.05) is 25.2 Å². The quantitative estimate of drug-likeness (QED) is 0.841. The molecule has 3 heterocycles. The fourth-order valence-corrected chi connectivity index (χ4v) is 4.39. The van der Waals surface area contributed by atoms with Crippen LogP contribution in [0.5, 0.6) is 11.6 Å². The number of hydrogen-bond acceptors (Lipinski definition) is 5. The Bertz CT molecular complexity index is 896. The highest BCUT2D eigenvalue weighted by molar-refractivity contribution is 5.77. The van der Waals surface area contributed by atoms with Crippen molar-refractivity contribution in [3.8, 4) is 11.6 Å². The Kier molecular flexibility index (Phi) is 4.75. The topological polar surface area (TPSA) is 71.9 Å². The van der Waals surface area contributed by atoms with Crippen LogP contribution in [0.1, 0.15) is 43.7 Å². The molecule has 2 aromatic rings. The molecule has 2 aliphatic heterocycles. The van der Waals surface area contributed by atoms with Crippen molar-refractivity contribution in [2.24, 2.45) is 5.41 Å². The summed E-state index contributed by atoms with van der Waals surface area (Å²) in [4.78, 5) is 19.1. The lowest BCUT2D eigenvalue weighted by Crippen LogP contribution is -2.35. The summed E-state index contributed by atoms with van der Waals surface area (Å²) in [6, 6.07) is 11.9. The second-order valence-electron chi connectivity index (χ2n) is 8.11. The number of carboxylic acid groups (broad SMARTS) is 1. The van der Waals surface area contributed by atoms with Crippen molar-refractivity contribution in [3.05, 3.63) is 47.5 Å². The Morgan fingerprint density at radius 3 is 2.82 bits per heavy atom. The molecule has 1 saturated heterocycles. The highest BCUT2D eigenvalue weighted by Gasteiger charge is 2.44. The summed E-state index contributed by atoms with van der Waals surface area (Å²) < 4.78 is 11.5. The van der Waals surface area contributed by atoms with Gasteiger partial charge in [-0.2, -0.15) is 4.98 Å². The van der Waals surface area contributed by atoms with Crippen LogP contribution >= 0.6 is 0 Å². The van der Waals surface area contributed by atoms with E-state index in [9.17, 15) is 9.90 Å². The zero-order valence-electron chi connectivity index (χ0n) is 16.5. The molecule has 0 bridgehead atoms. The Morgan fingerprint density at radius 1 is 1.29 bits per heavy atom. The van der Waals surface area contributed by atoms with Crippen LogP contribution < -0.4 is 9.64 Å². The smallest absolute Gasteiger partial charge is 0.310 e. The van der Waals surface area contributed by atoms with Gasteiger partial charge in [-0.1, -0.05) is 18.2 Å². The van der Waals surface area contributed by atoms with Crippen LogP contribution in [0.2, 0.25) is 0 Å². The summed E-state index contributed by atoms with van der Waals surface area (Å²) in [6.07, 6.45) is 2.18. The second-order valence-corrected chi connectivity index (χ2v) is 8.11. The van der Waals surface area contributed by atoms with E-state index in [1.165, 1.54) is 0 Å². The molecule has 1 N–H and O–H groups in total. The van der Waals surface area contributed by atoms with Gasteiger partial charge in [0.2, 0.25) is 5.88 Å². The third-order valence-electron chi connectivity index (χ3n) is 5.93. The molecule has 4 rings (SSSR count). The molecule has 2 atom stereocenters. The number of para-hydroxylation sites is 1. The highest BCUT2D eigenvalue weighted by atomic mass is 16.5. The molecule has 148 valence electrons. The van der Waals surface area contributed by atoms with Crippen LogP contribution in [-0.4, -0.2) is 42.4 Å². The van der Waals surface area contributed by atoms with E-state index in [0.717, 1.165) is 36.3 Å². The van der Waals surface area contributed by atoms with E-state index >= 15 is 0 Å². The molecule has 6 nitrogen and oxygen atoms in total. The van der Waals surface area contributed by atoms with Gasteiger partial charge in [0.15, 0.2) is 0 Å². The Labute approximate surface area is 165 Å². The van der Waals surface area contributed by atoms with Crippen LogP contribution in [0.25, 0.3) is 0 Å². The van der Waals surface area contributed by atoms with E-state index in [0.29, 0.717) is 24.3 Å². The summed E-state index contributed by atoms with van der Waals surface area (Å²) in [5.41, 5.74) is 0.706. The van der Waals surface area contributed by atoms with Gasteiger partial charge in [-0.15, -0.1) is 0 Å². The average Bonchev–Trinajstić information content (AvgIpc) is 3.14. The number of methoxy groups -OCH3 is 1. The number of fused-ring (bicyclic) bond motifs is 2. The van der Waals surface area contributed by atoms with Crippen LogP contribution in [0.4, 0.5) is 5.82 Å². The zero-order chi connectivity index (χ0) is 19.9. The first-order valence-corrected chi connectivity index (χ1v) is 9.70. The summed E-state index contributed by atoms with van der Waals surface area (Å²) in [7, 11) is 1.72. The Balaban J connectivity index is 1.78. The molecular formula is C22H26N2O4. The van der Waals surface area contributed by atoms with Crippen LogP contribution in [0, 0.1) is 5.41 Å². The molecule has 0 aliphatic carbocycles. The van der Waals surface area contributed by atoms with Crippen molar-refractivity contribution < 1.29 is 19.4 Å². The van der Waals surface area contributed by atoms with Crippen molar-refractivity contribution in [1.82, 2.24) is 4.98 Å². The van der Waals surface area contributed by atoms with Crippen molar-refractivity contribution in [3.63, 3.8) is 0 Å². The van der Waals surface area contributed by atoms with Gasteiger partial charge in [0.05, 0.1) is 18.1 Å². The zero-order valence-corrected chi connectivity index (χ0v) is 16.5. The van der Waals surface area contributed by atoms with Gasteiger partial charge in [-0.3, -0.25) is 4.79 Å². The maximum Gasteiger partial charge on any atom is 0.310 e. The fraction of sp³-hybridized carbons (Fsp3) is 0.455. The molecule has 0 amide bonds. The lowest BCUT2D eigenvalue weighted by atomic mass is 9.70. The molecule has 0 spiro atoms. The van der Waals surface area contributed by atoms with Crippen LogP contribution in [0.3, 0.4) is 0 Å². The van der Waals surface area contributed by atoms with Gasteiger partial charge in [0.1, 0.15) is 11.6 Å². The number of aliphatic carboxylic acids is 1. The summed E-state index contributed by atoms with van der Waals surface area (Å²) in [5, 5.41) is 9.88. The van der Waals surface area contributed by atoms with E-state index in [1.807, 2.05) is 36.4 Å². The summed E-state index contributed by atoms with van der Waals surface area (Å²) >= 11 is 0. The fourth-order valence-electron chi connectivity index (χ4n) is 4.39. The van der Waals surface area contributed by atoms with E-state index in [2.05, 4.69) is 4.90 Å². The molecule has 0 saturated carbocycles. The lowest BCUT2D eigenvalue weighted by molar-refractivity contribution is -0.147. The molecule has 1 aromatic carbocycles. The van der Waals surface area contributed by atoms with Gasteiger partial charge >= 0.3 is 5.97 Å². The Hall–Kier alpha value is -2.60. The minimum absolute atomic E-state index is 0.303. The van der Waals surface area contributed by atoms with Gasteiger partial charge in [0, 0.05) is 30.7 Å². The number of carboxylic acids is 1. The summed E-state index contributed by atoms with van der Waals surface area (Å²) in [5.74, 6) is 0.848. The van der Waals surface area contributed by atoms with Gasteiger partial charge in [0.25, 0.3) is 0 Å². The number of ether oxygens (including phenoxy) is 2. The number of nitrogens with zero attached hydrogens (tertiary/aromatic N) is 2. The van der Waals surface area contributed by atoms with E-state index < -0.39 is 11.4 Å². The standard InChI is InChI=1S/C22H26N2O4/c1-22(2,21(25)26)19-15-8-4-5-9-17(15)28-20-16(19)10-11-18(23-20)24-12-6-7-14(24)13-27-3/h4-5,8-11,14,19H,6-7,12-13H2,1-3H3,(H,25,26)/t14-,19+/m1/s1. The number of aromatic nitrogens is 1. The summed E-state index contributed by atoms with van der Waals surface area (Å²) in [6.45, 7) is 5.11. The van der Waals surface area contributed by atoms with Crippen LogP contribution in [-0.2, 0) is 9.53 Å². The first kappa shape index (κ1) is 18.7. The molecule has 1 aromatic heterocycles. The maximum atomic E-state index is 12.0. The normalized spacial score (nSPS) is 21.0. The van der Waals surface area contributed by atoms with Gasteiger partial charge in [-0.05, 0) is 44.9 Å². The molecule has 2 aliphatic rings. The lowest BCUT2D eigenvalue weighted by Gasteiger charge is -2.36. The van der Waals surface area contributed by atoms with Crippen molar-refractivity contribution >= 4 is 11.8 Å². The third kappa shape index (κ3) is 3.02. The number of pyridine rings is 1. The minimum Gasteiger partial charge on any atom is -0.481 e. The predicted molar refractivity (Wildman–Crippen MR) is 106 cm³/mol. The van der Waals surface area contributed by atoms with Crippen LogP contribution in [0.15, 0.2) is 36.4 Å². The van der Waals surface area contributed by atoms with E-state index in [-0.39, 0.29) is 5.92 Å². The largest absolute Gasteiger partial charge is 0.481 e. The monoisotopic (exact) mass is 382 g/mol. The average molecular weight is 382 g/mol. The second kappa shape index (κ2) is 7.09. The number of benzene rings is 1. The molecule has 6 heteroatoms. The van der Waals surface area contributed by atoms with Crippen molar-refractivity contribution in [2.45, 2.75) is 38.6 Å². The number of rotatable bonds is 5. The third-order valence-corrected chi connectivity index (χ3v) is 5.93. The molecule has 0 radical (unpaired) electrons. The number of hydrogen-bond donors (Lipinski definition) is 1. The van der Waals surface area contributed by atoms with E-state index in [4.69, 9.17) is 14.5 Å². The Morgan fingerprint density at radius 2 is 2.07 bits per heavy atom. The number of carbonyl (C=O) groups is 1. The molecule has 1 fully saturated rings. The van der Waals surface area contributed by atoms with Crippen molar-refractivity contribution in [1.29, 1.82) is 0 Å². The SMILES string of the molecule is COC[C@H]1CCCN1c1ccc2c(n1)Oc1ccccc1[C@@H]2C(C)(C)C(=O)O. The predicted octanol–water partition coefficient (Wildman–Crippen LogP) is 4.05. The first-order valence-electron chi connectivity index (χ1n) is 9.70. The minimum atomic E-state index is -0.996. The first-order chi connectivity index (χ1) is 13.4. The van der Waals surface area contributed by atoms with E-state index in [1.54, 1.807) is 21.0 Å². The molecule has 0 unspecified atom stereocenters. The highest BCUT2D eigenvalue weighted by Crippen LogP contribution is 2.51. The van der Waals surface area contributed by atoms with Gasteiger partial charge in [-0.25, -0.2) is 0 Å².